The third kappa shape index (κ3) is 4.86. The van der Waals surface area contributed by atoms with Crippen LogP contribution in [0, 0.1) is 23.7 Å². The number of aromatic amines is 2. The molecule has 0 radical (unpaired) electrons. The molecule has 2 aromatic heterocycles. The summed E-state index contributed by atoms with van der Waals surface area (Å²) in [6.07, 6.45) is 29.6. The molecule has 0 bridgehead atoms. The first-order valence-electron chi connectivity index (χ1n) is 14.9. The SMILES string of the molecule is c1nc(C2(CCCOCCCC3(c4c[nH]cn4)CCCCC3C3CC3)CCCCC2C2CC2)c[nH]1. The lowest BCUT2D eigenvalue weighted by atomic mass is 9.60. The van der Waals surface area contributed by atoms with Gasteiger partial charge in [-0.2, -0.15) is 0 Å². The Morgan fingerprint density at radius 3 is 1.57 bits per heavy atom. The summed E-state index contributed by atoms with van der Waals surface area (Å²) in [5, 5.41) is 0. The summed E-state index contributed by atoms with van der Waals surface area (Å²) in [4.78, 5) is 16.1. The van der Waals surface area contributed by atoms with Crippen molar-refractivity contribution in [2.45, 2.75) is 114 Å². The summed E-state index contributed by atoms with van der Waals surface area (Å²) in [6, 6.07) is 0. The number of nitrogens with zero attached hydrogens (tertiary/aromatic N) is 2. The molecular formula is C30H46N4O. The van der Waals surface area contributed by atoms with Gasteiger partial charge in [-0.15, -0.1) is 0 Å². The maximum absolute atomic E-state index is 6.31. The number of hydrogen-bond acceptors (Lipinski definition) is 3. The fourth-order valence-corrected chi connectivity index (χ4v) is 8.56. The van der Waals surface area contributed by atoms with Crippen molar-refractivity contribution in [3.63, 3.8) is 0 Å². The molecule has 4 aliphatic carbocycles. The molecular weight excluding hydrogens is 432 g/mol. The van der Waals surface area contributed by atoms with Crippen LogP contribution >= 0.6 is 0 Å². The van der Waals surface area contributed by atoms with E-state index in [-0.39, 0.29) is 10.8 Å². The van der Waals surface area contributed by atoms with E-state index in [1.165, 1.54) is 101 Å². The van der Waals surface area contributed by atoms with Gasteiger partial charge in [-0.25, -0.2) is 9.97 Å². The molecule has 4 atom stereocenters. The lowest BCUT2D eigenvalue weighted by Crippen LogP contribution is -2.40. The maximum atomic E-state index is 6.31. The van der Waals surface area contributed by atoms with Gasteiger partial charge in [0.2, 0.25) is 0 Å². The largest absolute Gasteiger partial charge is 0.381 e. The number of rotatable bonds is 12. The minimum atomic E-state index is 0.284. The van der Waals surface area contributed by atoms with Gasteiger partial charge in [-0.1, -0.05) is 25.7 Å². The second-order valence-corrected chi connectivity index (χ2v) is 12.4. The molecule has 4 unspecified atom stereocenters. The van der Waals surface area contributed by atoms with Crippen LogP contribution < -0.4 is 0 Å². The van der Waals surface area contributed by atoms with Crippen LogP contribution in [0.1, 0.15) is 114 Å². The summed E-state index contributed by atoms with van der Waals surface area (Å²) >= 11 is 0. The Balaban J connectivity index is 1.02. The van der Waals surface area contributed by atoms with E-state index >= 15 is 0 Å². The molecule has 4 aliphatic rings. The first-order chi connectivity index (χ1) is 17.3. The van der Waals surface area contributed by atoms with Gasteiger partial charge in [-0.3, -0.25) is 0 Å². The number of H-pyrrole nitrogens is 2. The Morgan fingerprint density at radius 2 is 1.17 bits per heavy atom. The Hall–Kier alpha value is -1.62. The van der Waals surface area contributed by atoms with Crippen LogP contribution in [0.25, 0.3) is 0 Å². The van der Waals surface area contributed by atoms with Crippen LogP contribution in [-0.4, -0.2) is 33.1 Å². The Kier molecular flexibility index (Phi) is 7.06. The molecule has 4 saturated carbocycles. The third-order valence-electron chi connectivity index (χ3n) is 10.4. The lowest BCUT2D eigenvalue weighted by molar-refractivity contribution is 0.0828. The fourth-order valence-electron chi connectivity index (χ4n) is 8.56. The molecule has 192 valence electrons. The molecule has 2 aromatic rings. The minimum absolute atomic E-state index is 0.284. The molecule has 5 heteroatoms. The van der Waals surface area contributed by atoms with E-state index in [1.807, 2.05) is 12.7 Å². The zero-order valence-corrected chi connectivity index (χ0v) is 21.6. The third-order valence-corrected chi connectivity index (χ3v) is 10.4. The predicted octanol–water partition coefficient (Wildman–Crippen LogP) is 7.09. The van der Waals surface area contributed by atoms with Crippen LogP contribution in [0.3, 0.4) is 0 Å². The molecule has 6 rings (SSSR count). The van der Waals surface area contributed by atoms with E-state index in [9.17, 15) is 0 Å². The second-order valence-electron chi connectivity index (χ2n) is 12.4. The molecule has 2 N–H and O–H groups in total. The summed E-state index contributed by atoms with van der Waals surface area (Å²) in [5.41, 5.74) is 3.23. The normalized spacial score (nSPS) is 33.7. The Morgan fingerprint density at radius 1 is 0.686 bits per heavy atom. The van der Waals surface area contributed by atoms with Crippen LogP contribution in [-0.2, 0) is 15.6 Å². The highest BCUT2D eigenvalue weighted by atomic mass is 16.5. The monoisotopic (exact) mass is 478 g/mol. The quantitative estimate of drug-likeness (QED) is 0.320. The fraction of sp³-hybridized carbons (Fsp3) is 0.800. The number of nitrogens with one attached hydrogen (secondary N) is 2. The van der Waals surface area contributed by atoms with Gasteiger partial charge in [0.15, 0.2) is 0 Å². The minimum Gasteiger partial charge on any atom is -0.381 e. The zero-order valence-electron chi connectivity index (χ0n) is 21.6. The van der Waals surface area contributed by atoms with Gasteiger partial charge in [0.25, 0.3) is 0 Å². The van der Waals surface area contributed by atoms with Crippen LogP contribution in [0.5, 0.6) is 0 Å². The van der Waals surface area contributed by atoms with Crippen LogP contribution in [0.2, 0.25) is 0 Å². The van der Waals surface area contributed by atoms with Gasteiger partial charge in [-0.05, 0) is 101 Å². The molecule has 0 saturated heterocycles. The van der Waals surface area contributed by atoms with Crippen molar-refractivity contribution in [1.82, 2.24) is 19.9 Å². The van der Waals surface area contributed by atoms with Crippen LogP contribution in [0.4, 0.5) is 0 Å². The number of ether oxygens (including phenoxy) is 1. The highest BCUT2D eigenvalue weighted by molar-refractivity contribution is 5.20. The average Bonchev–Trinajstić information content (AvgIpc) is 3.80. The van der Waals surface area contributed by atoms with E-state index in [1.54, 1.807) is 0 Å². The Bertz CT molecular complexity index is 829. The topological polar surface area (TPSA) is 66.6 Å². The van der Waals surface area contributed by atoms with Gasteiger partial charge < -0.3 is 14.7 Å². The van der Waals surface area contributed by atoms with Crippen LogP contribution in [0.15, 0.2) is 25.0 Å². The first-order valence-corrected chi connectivity index (χ1v) is 14.9. The van der Waals surface area contributed by atoms with E-state index in [0.29, 0.717) is 0 Å². The number of hydrogen-bond donors (Lipinski definition) is 2. The van der Waals surface area contributed by atoms with Crippen molar-refractivity contribution in [1.29, 1.82) is 0 Å². The van der Waals surface area contributed by atoms with Crippen molar-refractivity contribution >= 4 is 0 Å². The summed E-state index contributed by atoms with van der Waals surface area (Å²) < 4.78 is 6.31. The molecule has 0 aliphatic heterocycles. The van der Waals surface area contributed by atoms with E-state index in [0.717, 1.165) is 49.7 Å². The Labute approximate surface area is 211 Å². The highest BCUT2D eigenvalue weighted by Gasteiger charge is 2.50. The summed E-state index contributed by atoms with van der Waals surface area (Å²) in [7, 11) is 0. The molecule has 0 aromatic carbocycles. The van der Waals surface area contributed by atoms with Crippen molar-refractivity contribution in [2.24, 2.45) is 23.7 Å². The van der Waals surface area contributed by atoms with Crippen molar-refractivity contribution in [2.75, 3.05) is 13.2 Å². The zero-order chi connectivity index (χ0) is 23.6. The van der Waals surface area contributed by atoms with E-state index in [2.05, 4.69) is 22.4 Å². The predicted molar refractivity (Wildman–Crippen MR) is 139 cm³/mol. The second kappa shape index (κ2) is 10.4. The average molecular weight is 479 g/mol. The molecule has 0 spiro atoms. The van der Waals surface area contributed by atoms with Gasteiger partial charge in [0.05, 0.1) is 24.0 Å². The van der Waals surface area contributed by atoms with Gasteiger partial charge in [0, 0.05) is 36.4 Å². The summed E-state index contributed by atoms with van der Waals surface area (Å²) in [6.45, 7) is 1.79. The molecule has 5 nitrogen and oxygen atoms in total. The smallest absolute Gasteiger partial charge is 0.0923 e. The van der Waals surface area contributed by atoms with E-state index < -0.39 is 0 Å². The van der Waals surface area contributed by atoms with Gasteiger partial charge in [0.1, 0.15) is 0 Å². The molecule has 2 heterocycles. The molecule has 4 fully saturated rings. The first kappa shape index (κ1) is 23.8. The molecule has 35 heavy (non-hydrogen) atoms. The van der Waals surface area contributed by atoms with Crippen molar-refractivity contribution in [3.05, 3.63) is 36.4 Å². The van der Waals surface area contributed by atoms with E-state index in [4.69, 9.17) is 14.7 Å². The number of aromatic nitrogens is 4. The van der Waals surface area contributed by atoms with Crippen molar-refractivity contribution < 1.29 is 4.74 Å². The molecule has 0 amide bonds. The van der Waals surface area contributed by atoms with Gasteiger partial charge >= 0.3 is 0 Å². The lowest BCUT2D eigenvalue weighted by Gasteiger charge is -2.44. The summed E-state index contributed by atoms with van der Waals surface area (Å²) in [5.74, 6) is 3.56. The number of imidazole rings is 2. The van der Waals surface area contributed by atoms with Crippen molar-refractivity contribution in [3.8, 4) is 0 Å². The highest BCUT2D eigenvalue weighted by Crippen LogP contribution is 2.56. The standard InChI is InChI=1S/C30H46N4O/c1-3-13-29(27-19-31-21-33-27,25(7-1)23-9-10-23)15-5-17-35-18-6-16-30(28-20-32-22-34-28)14-4-2-8-26(30)24-11-12-24/h19-26H,1-18H2,(H,31,33)(H,32,34). The maximum Gasteiger partial charge on any atom is 0.0923 e.